The molecule has 0 aliphatic carbocycles. The Morgan fingerprint density at radius 2 is 1.27 bits per heavy atom. The molecule has 0 fully saturated rings. The monoisotopic (exact) mass is 194 g/mol. The number of hydrogen-bond acceptors (Lipinski definition) is 2. The first-order valence-corrected chi connectivity index (χ1v) is 9.73. The maximum absolute atomic E-state index is 9.42. The van der Waals surface area contributed by atoms with Crippen LogP contribution in [0, 0.1) is 0 Å². The lowest BCUT2D eigenvalue weighted by atomic mass is 10.9. The van der Waals surface area contributed by atoms with Gasteiger partial charge in [-0.25, -0.2) is 0 Å². The second-order valence-electron chi connectivity index (χ2n) is 3.84. The van der Waals surface area contributed by atoms with E-state index < -0.39 is 15.2 Å². The van der Waals surface area contributed by atoms with E-state index >= 15 is 0 Å². The van der Waals surface area contributed by atoms with E-state index in [-0.39, 0.29) is 11.7 Å². The molecule has 0 aliphatic rings. The Morgan fingerprint density at radius 1 is 1.00 bits per heavy atom. The van der Waals surface area contributed by atoms with Gasteiger partial charge < -0.3 is 10.2 Å². The third-order valence-electron chi connectivity index (χ3n) is 1.58. The lowest BCUT2D eigenvalue weighted by Crippen LogP contribution is -2.28. The molecule has 0 aromatic carbocycles. The highest BCUT2D eigenvalue weighted by Gasteiger charge is 2.33. The Kier molecular flexibility index (Phi) is 4.20. The van der Waals surface area contributed by atoms with Crippen LogP contribution in [0.2, 0.25) is 19.6 Å². The molecule has 4 heteroatoms. The molecule has 0 radical (unpaired) electrons. The van der Waals surface area contributed by atoms with Gasteiger partial charge in [-0.2, -0.15) is 0 Å². The maximum Gasteiger partial charge on any atom is 0.0783 e. The van der Waals surface area contributed by atoms with E-state index in [0.717, 1.165) is 0 Å². The van der Waals surface area contributed by atoms with Crippen LogP contribution in [0.15, 0.2) is 0 Å². The molecule has 0 spiro atoms. The van der Waals surface area contributed by atoms with Crippen LogP contribution in [0.5, 0.6) is 0 Å². The summed E-state index contributed by atoms with van der Waals surface area (Å²) in [6, 6.07) is 0. The molecular weight excluding hydrogens is 175 g/mol. The fourth-order valence-corrected chi connectivity index (χ4v) is 11.0. The minimum atomic E-state index is -1.35. The third-order valence-corrected chi connectivity index (χ3v) is 11.6. The van der Waals surface area contributed by atoms with Crippen molar-refractivity contribution < 1.29 is 10.2 Å². The molecule has 0 amide bonds. The van der Waals surface area contributed by atoms with E-state index in [2.05, 4.69) is 19.6 Å². The fraction of sp³-hybridized carbons (Fsp3) is 1.00. The van der Waals surface area contributed by atoms with Crippen molar-refractivity contribution in [1.82, 2.24) is 0 Å². The Morgan fingerprint density at radius 3 is 1.27 bits per heavy atom. The lowest BCUT2D eigenvalue weighted by molar-refractivity contribution is 0.247. The van der Waals surface area contributed by atoms with Gasteiger partial charge in [-0.15, -0.1) is 0 Å². The van der Waals surface area contributed by atoms with Gasteiger partial charge in [0.1, 0.15) is 0 Å². The highest BCUT2D eigenvalue weighted by molar-refractivity contribution is 7.95. The number of rotatable bonds is 3. The molecule has 11 heavy (non-hydrogen) atoms. The summed E-state index contributed by atoms with van der Waals surface area (Å²) in [7, 11) is -1.92. The van der Waals surface area contributed by atoms with Crippen molar-refractivity contribution in [2.75, 3.05) is 0 Å². The van der Waals surface area contributed by atoms with Crippen molar-refractivity contribution in [2.45, 2.75) is 45.2 Å². The van der Waals surface area contributed by atoms with E-state index in [1.165, 1.54) is 0 Å². The molecule has 2 unspecified atom stereocenters. The molecule has 0 saturated carbocycles. The molecule has 2 atom stereocenters. The van der Waals surface area contributed by atoms with Crippen molar-refractivity contribution in [3.63, 3.8) is 0 Å². The number of hydrogen-bond donors (Lipinski definition) is 2. The van der Waals surface area contributed by atoms with Crippen LogP contribution >= 0.6 is 7.47 Å². The van der Waals surface area contributed by atoms with E-state index in [1.807, 2.05) is 0 Å². The Bertz CT molecular complexity index is 112. The van der Waals surface area contributed by atoms with Gasteiger partial charge in [-0.3, -0.25) is 0 Å². The molecule has 2 nitrogen and oxygen atoms in total. The molecule has 0 saturated heterocycles. The fourth-order valence-electron chi connectivity index (χ4n) is 1.43. The SMILES string of the molecule is CC(O)P(C(C)O)[Si](C)(C)C. The van der Waals surface area contributed by atoms with Gasteiger partial charge in [0.15, 0.2) is 0 Å². The summed E-state index contributed by atoms with van der Waals surface area (Å²) in [5.41, 5.74) is 0. The highest BCUT2D eigenvalue weighted by atomic mass is 31.4. The van der Waals surface area contributed by atoms with E-state index in [1.54, 1.807) is 13.8 Å². The molecule has 0 aromatic heterocycles. The van der Waals surface area contributed by atoms with Crippen molar-refractivity contribution in [2.24, 2.45) is 0 Å². The Balaban J connectivity index is 4.35. The second kappa shape index (κ2) is 3.99. The second-order valence-corrected chi connectivity index (χ2v) is 16.1. The summed E-state index contributed by atoms with van der Waals surface area (Å²) < 4.78 is 0. The molecule has 68 valence electrons. The summed E-state index contributed by atoms with van der Waals surface area (Å²) in [6.45, 7) is 10.2. The van der Waals surface area contributed by atoms with Gasteiger partial charge in [0.25, 0.3) is 0 Å². The van der Waals surface area contributed by atoms with Gasteiger partial charge in [0, 0.05) is 0 Å². The van der Waals surface area contributed by atoms with E-state index in [0.29, 0.717) is 0 Å². The van der Waals surface area contributed by atoms with Gasteiger partial charge in [0.05, 0.1) is 19.4 Å². The van der Waals surface area contributed by atoms with Crippen LogP contribution in [0.3, 0.4) is 0 Å². The van der Waals surface area contributed by atoms with Crippen LogP contribution in [-0.2, 0) is 0 Å². The Labute approximate surface area is 71.2 Å². The molecule has 0 bridgehead atoms. The highest BCUT2D eigenvalue weighted by Crippen LogP contribution is 2.52. The summed E-state index contributed by atoms with van der Waals surface area (Å²) in [5.74, 6) is -0.645. The average Bonchev–Trinajstić information content (AvgIpc) is 1.54. The summed E-state index contributed by atoms with van der Waals surface area (Å²) in [4.78, 5) is 0. The van der Waals surface area contributed by atoms with Crippen molar-refractivity contribution in [1.29, 1.82) is 0 Å². The summed E-state index contributed by atoms with van der Waals surface area (Å²) in [5, 5.41) is 18.8. The normalized spacial score (nSPS) is 21.0. The van der Waals surface area contributed by atoms with Crippen molar-refractivity contribution in [3.8, 4) is 0 Å². The number of aliphatic hydroxyl groups excluding tert-OH is 2. The van der Waals surface area contributed by atoms with Gasteiger partial charge in [0.2, 0.25) is 0 Å². The smallest absolute Gasteiger partial charge is 0.0783 e. The van der Waals surface area contributed by atoms with Crippen LogP contribution in [0.25, 0.3) is 0 Å². The Hall–Kier alpha value is 0.567. The topological polar surface area (TPSA) is 40.5 Å². The van der Waals surface area contributed by atoms with Crippen LogP contribution in [0.4, 0.5) is 0 Å². The lowest BCUT2D eigenvalue weighted by Gasteiger charge is -2.34. The minimum absolute atomic E-state index is 0.323. The first-order valence-electron chi connectivity index (χ1n) is 3.91. The largest absolute Gasteiger partial charge is 0.389 e. The van der Waals surface area contributed by atoms with Gasteiger partial charge >= 0.3 is 0 Å². The summed E-state index contributed by atoms with van der Waals surface area (Å²) in [6.07, 6.45) is 0. The third kappa shape index (κ3) is 3.65. The van der Waals surface area contributed by atoms with Crippen LogP contribution in [-0.4, -0.2) is 29.6 Å². The molecule has 0 rings (SSSR count). The molecule has 0 aromatic rings. The van der Waals surface area contributed by atoms with Crippen molar-refractivity contribution in [3.05, 3.63) is 0 Å². The zero-order valence-electron chi connectivity index (χ0n) is 8.00. The first-order chi connectivity index (χ1) is 4.76. The predicted octanol–water partition coefficient (Wildman–Crippen LogP) is 1.98. The van der Waals surface area contributed by atoms with E-state index in [4.69, 9.17) is 0 Å². The van der Waals surface area contributed by atoms with Gasteiger partial charge in [-0.05, 0) is 13.8 Å². The van der Waals surface area contributed by atoms with Crippen molar-refractivity contribution >= 4 is 15.2 Å². The quantitative estimate of drug-likeness (QED) is 0.533. The van der Waals surface area contributed by atoms with E-state index in [9.17, 15) is 10.2 Å². The standard InChI is InChI=1S/C7H19O2PSi/c1-6(8)10(7(2)9)11(3,4)5/h6-9H,1-5H3. The van der Waals surface area contributed by atoms with Crippen LogP contribution in [0.1, 0.15) is 13.8 Å². The van der Waals surface area contributed by atoms with Gasteiger partial charge in [-0.1, -0.05) is 27.1 Å². The average molecular weight is 194 g/mol. The maximum atomic E-state index is 9.42. The minimum Gasteiger partial charge on any atom is -0.389 e. The summed E-state index contributed by atoms with van der Waals surface area (Å²) >= 11 is 0. The predicted molar refractivity (Wildman–Crippen MR) is 53.6 cm³/mol. The zero-order valence-corrected chi connectivity index (χ0v) is 9.89. The first kappa shape index (κ1) is 11.6. The molecule has 0 aliphatic heterocycles. The molecule has 0 heterocycles. The zero-order chi connectivity index (χ0) is 9.23. The number of aliphatic hydroxyl groups is 2. The molecule has 2 N–H and O–H groups in total. The van der Waals surface area contributed by atoms with Crippen LogP contribution < -0.4 is 0 Å². The molecular formula is C7H19O2PSi.